The molecule has 0 atom stereocenters. The molecule has 1 amide bonds. The highest BCUT2D eigenvalue weighted by Gasteiger charge is 2.16. The van der Waals surface area contributed by atoms with Crippen LogP contribution < -0.4 is 10.1 Å². The number of nitrogens with one attached hydrogen (secondary N) is 1. The number of imidazole rings is 1. The number of hydrogen-bond donors (Lipinski definition) is 1. The van der Waals surface area contributed by atoms with E-state index in [0.29, 0.717) is 28.6 Å². The largest absolute Gasteiger partial charge is 0.497 e. The lowest BCUT2D eigenvalue weighted by Crippen LogP contribution is -2.27. The third-order valence-electron chi connectivity index (χ3n) is 3.84. The van der Waals surface area contributed by atoms with E-state index in [9.17, 15) is 4.79 Å². The number of nitrogens with zero attached hydrogens (tertiary/aromatic N) is 2. The molecule has 0 radical (unpaired) electrons. The SMILES string of the molecule is COc1ccc(CCNC(=O)c2c(C)nc3cc(Cl)ccn23)cc1. The summed E-state index contributed by atoms with van der Waals surface area (Å²) in [6.45, 7) is 2.37. The number of amides is 1. The summed E-state index contributed by atoms with van der Waals surface area (Å²) < 4.78 is 6.89. The van der Waals surface area contributed by atoms with Crippen molar-refractivity contribution >= 4 is 23.2 Å². The predicted molar refractivity (Wildman–Crippen MR) is 94.0 cm³/mol. The summed E-state index contributed by atoms with van der Waals surface area (Å²) in [5, 5.41) is 3.54. The molecule has 1 N–H and O–H groups in total. The molecule has 1 aromatic carbocycles. The quantitative estimate of drug-likeness (QED) is 0.773. The zero-order valence-electron chi connectivity index (χ0n) is 13.5. The van der Waals surface area contributed by atoms with E-state index in [1.807, 2.05) is 31.2 Å². The number of carbonyl (C=O) groups excluding carboxylic acids is 1. The fraction of sp³-hybridized carbons (Fsp3) is 0.222. The van der Waals surface area contributed by atoms with Crippen molar-refractivity contribution in [2.75, 3.05) is 13.7 Å². The highest BCUT2D eigenvalue weighted by Crippen LogP contribution is 2.16. The van der Waals surface area contributed by atoms with Gasteiger partial charge in [-0.25, -0.2) is 4.98 Å². The van der Waals surface area contributed by atoms with Gasteiger partial charge < -0.3 is 10.1 Å². The van der Waals surface area contributed by atoms with Crippen LogP contribution >= 0.6 is 11.6 Å². The number of pyridine rings is 1. The smallest absolute Gasteiger partial charge is 0.270 e. The molecule has 0 aliphatic heterocycles. The van der Waals surface area contributed by atoms with E-state index in [-0.39, 0.29) is 5.91 Å². The van der Waals surface area contributed by atoms with Crippen LogP contribution in [0.5, 0.6) is 5.75 Å². The van der Waals surface area contributed by atoms with Gasteiger partial charge in [-0.2, -0.15) is 0 Å². The van der Waals surface area contributed by atoms with E-state index in [2.05, 4.69) is 10.3 Å². The lowest BCUT2D eigenvalue weighted by Gasteiger charge is -2.07. The minimum Gasteiger partial charge on any atom is -0.497 e. The number of methoxy groups -OCH3 is 1. The van der Waals surface area contributed by atoms with Crippen molar-refractivity contribution in [3.05, 3.63) is 64.6 Å². The molecule has 3 rings (SSSR count). The van der Waals surface area contributed by atoms with Crippen LogP contribution in [0.2, 0.25) is 5.02 Å². The Morgan fingerprint density at radius 2 is 2.04 bits per heavy atom. The Labute approximate surface area is 145 Å². The van der Waals surface area contributed by atoms with E-state index in [0.717, 1.165) is 17.7 Å². The minimum atomic E-state index is -0.143. The maximum atomic E-state index is 12.5. The number of carbonyl (C=O) groups is 1. The van der Waals surface area contributed by atoms with Crippen LogP contribution in [0.1, 0.15) is 21.7 Å². The number of fused-ring (bicyclic) bond motifs is 1. The normalized spacial score (nSPS) is 10.8. The standard InChI is InChI=1S/C18H18ClN3O2/c1-12-17(22-10-8-14(19)11-16(22)21-12)18(23)20-9-7-13-3-5-15(24-2)6-4-13/h3-6,8,10-11H,7,9H2,1-2H3,(H,20,23). The molecule has 0 aliphatic rings. The van der Waals surface area contributed by atoms with Gasteiger partial charge in [0.05, 0.1) is 12.8 Å². The lowest BCUT2D eigenvalue weighted by molar-refractivity contribution is 0.0947. The van der Waals surface area contributed by atoms with Gasteiger partial charge in [0.15, 0.2) is 0 Å². The van der Waals surface area contributed by atoms with Crippen LogP contribution in [0.15, 0.2) is 42.6 Å². The Hall–Kier alpha value is -2.53. The summed E-state index contributed by atoms with van der Waals surface area (Å²) in [4.78, 5) is 16.9. The van der Waals surface area contributed by atoms with E-state index >= 15 is 0 Å². The molecule has 24 heavy (non-hydrogen) atoms. The number of halogens is 1. The van der Waals surface area contributed by atoms with Crippen molar-refractivity contribution in [1.82, 2.24) is 14.7 Å². The monoisotopic (exact) mass is 343 g/mol. The Kier molecular flexibility index (Phi) is 4.71. The van der Waals surface area contributed by atoms with Gasteiger partial charge in [-0.1, -0.05) is 23.7 Å². The molecule has 0 fully saturated rings. The molecule has 2 heterocycles. The number of ether oxygens (including phenoxy) is 1. The van der Waals surface area contributed by atoms with Crippen LogP contribution in [0.25, 0.3) is 5.65 Å². The van der Waals surface area contributed by atoms with Crippen molar-refractivity contribution in [1.29, 1.82) is 0 Å². The van der Waals surface area contributed by atoms with Crippen LogP contribution in [0.3, 0.4) is 0 Å². The van der Waals surface area contributed by atoms with Crippen molar-refractivity contribution < 1.29 is 9.53 Å². The second kappa shape index (κ2) is 6.93. The zero-order chi connectivity index (χ0) is 17.1. The van der Waals surface area contributed by atoms with Gasteiger partial charge in [-0.15, -0.1) is 0 Å². The third kappa shape index (κ3) is 3.36. The molecule has 2 aromatic heterocycles. The van der Waals surface area contributed by atoms with E-state index in [1.165, 1.54) is 0 Å². The summed E-state index contributed by atoms with van der Waals surface area (Å²) in [5.41, 5.74) is 3.02. The molecule has 0 aliphatic carbocycles. The summed E-state index contributed by atoms with van der Waals surface area (Å²) in [6, 6.07) is 11.3. The van der Waals surface area contributed by atoms with Crippen LogP contribution in [0, 0.1) is 6.92 Å². The Morgan fingerprint density at radius 3 is 2.75 bits per heavy atom. The van der Waals surface area contributed by atoms with Gasteiger partial charge in [0, 0.05) is 23.8 Å². The van der Waals surface area contributed by atoms with Gasteiger partial charge in [0.2, 0.25) is 0 Å². The molecule has 124 valence electrons. The average Bonchev–Trinajstić information content (AvgIpc) is 2.90. The fourth-order valence-electron chi connectivity index (χ4n) is 2.61. The first kappa shape index (κ1) is 16.3. The van der Waals surface area contributed by atoms with Crippen molar-refractivity contribution in [3.63, 3.8) is 0 Å². The van der Waals surface area contributed by atoms with Crippen LogP contribution in [0.4, 0.5) is 0 Å². The maximum absolute atomic E-state index is 12.5. The molecule has 0 spiro atoms. The maximum Gasteiger partial charge on any atom is 0.270 e. The molecule has 3 aromatic rings. The summed E-state index contributed by atoms with van der Waals surface area (Å²) >= 11 is 5.97. The predicted octanol–water partition coefficient (Wildman–Crippen LogP) is 3.28. The number of aromatic nitrogens is 2. The van der Waals surface area contributed by atoms with E-state index < -0.39 is 0 Å². The first-order valence-corrected chi connectivity index (χ1v) is 8.01. The van der Waals surface area contributed by atoms with Gasteiger partial charge in [0.1, 0.15) is 17.1 Å². The van der Waals surface area contributed by atoms with Crippen molar-refractivity contribution in [2.45, 2.75) is 13.3 Å². The molecule has 0 unspecified atom stereocenters. The third-order valence-corrected chi connectivity index (χ3v) is 4.07. The van der Waals surface area contributed by atoms with Gasteiger partial charge >= 0.3 is 0 Å². The van der Waals surface area contributed by atoms with Gasteiger partial charge in [-0.3, -0.25) is 9.20 Å². The van der Waals surface area contributed by atoms with Crippen molar-refractivity contribution in [2.24, 2.45) is 0 Å². The summed E-state index contributed by atoms with van der Waals surface area (Å²) in [5.74, 6) is 0.679. The minimum absolute atomic E-state index is 0.143. The topological polar surface area (TPSA) is 55.6 Å². The van der Waals surface area contributed by atoms with E-state index in [4.69, 9.17) is 16.3 Å². The molecule has 0 bridgehead atoms. The number of aryl methyl sites for hydroxylation is 1. The highest BCUT2D eigenvalue weighted by atomic mass is 35.5. The Bertz CT molecular complexity index is 872. The van der Waals surface area contributed by atoms with Gasteiger partial charge in [-0.05, 0) is 37.1 Å². The second-order valence-electron chi connectivity index (χ2n) is 5.47. The molecular weight excluding hydrogens is 326 g/mol. The second-order valence-corrected chi connectivity index (χ2v) is 5.91. The lowest BCUT2D eigenvalue weighted by atomic mass is 10.1. The van der Waals surface area contributed by atoms with Crippen LogP contribution in [-0.2, 0) is 6.42 Å². The molecular formula is C18H18ClN3O2. The first-order chi connectivity index (χ1) is 11.6. The molecule has 5 nitrogen and oxygen atoms in total. The van der Waals surface area contributed by atoms with Gasteiger partial charge in [0.25, 0.3) is 5.91 Å². The average molecular weight is 344 g/mol. The molecule has 6 heteroatoms. The Morgan fingerprint density at radius 1 is 1.29 bits per heavy atom. The van der Waals surface area contributed by atoms with Crippen LogP contribution in [-0.4, -0.2) is 28.9 Å². The summed E-state index contributed by atoms with van der Waals surface area (Å²) in [6.07, 6.45) is 2.51. The number of benzene rings is 1. The fourth-order valence-corrected chi connectivity index (χ4v) is 2.76. The summed E-state index contributed by atoms with van der Waals surface area (Å²) in [7, 11) is 1.64. The first-order valence-electron chi connectivity index (χ1n) is 7.64. The number of hydrogen-bond acceptors (Lipinski definition) is 3. The zero-order valence-corrected chi connectivity index (χ0v) is 14.3. The highest BCUT2D eigenvalue weighted by molar-refractivity contribution is 6.30. The Balaban J connectivity index is 1.67. The van der Waals surface area contributed by atoms with Crippen molar-refractivity contribution in [3.8, 4) is 5.75 Å². The number of rotatable bonds is 5. The van der Waals surface area contributed by atoms with E-state index in [1.54, 1.807) is 29.8 Å². The molecule has 0 saturated carbocycles. The molecule has 0 saturated heterocycles.